The van der Waals surface area contributed by atoms with Gasteiger partial charge in [-0.1, -0.05) is 42.5 Å². The maximum atomic E-state index is 13.5. The van der Waals surface area contributed by atoms with Crippen molar-refractivity contribution in [2.24, 2.45) is 5.92 Å². The van der Waals surface area contributed by atoms with E-state index in [-0.39, 0.29) is 11.8 Å². The number of anilines is 1. The molecule has 1 saturated heterocycles. The topological polar surface area (TPSA) is 70.6 Å². The van der Waals surface area contributed by atoms with Crippen LogP contribution in [0, 0.1) is 19.8 Å². The van der Waals surface area contributed by atoms with Gasteiger partial charge in [-0.2, -0.15) is 4.31 Å². The molecule has 7 heteroatoms. The second-order valence-corrected chi connectivity index (χ2v) is 10.5. The largest absolute Gasteiger partial charge is 0.292 e. The van der Waals surface area contributed by atoms with Gasteiger partial charge in [-0.25, -0.2) is 13.4 Å². The van der Waals surface area contributed by atoms with Gasteiger partial charge in [-0.05, 0) is 67.6 Å². The van der Waals surface area contributed by atoms with Crippen molar-refractivity contribution in [3.8, 4) is 0 Å². The zero-order valence-corrected chi connectivity index (χ0v) is 19.8. The summed E-state index contributed by atoms with van der Waals surface area (Å²) < 4.78 is 27.8. The second kappa shape index (κ2) is 9.85. The Labute approximate surface area is 195 Å². The standard InChI is InChI=1S/C26H29N3O3S/c1-20-11-12-24(18-21(20)2)33(31,32)28-16-13-23(14-17-28)26(30)29(25-10-6-7-15-27-25)19-22-8-4-3-5-9-22/h3-12,15,18,23H,13-14,16-17,19H2,1-2H3. The zero-order valence-electron chi connectivity index (χ0n) is 19.0. The number of hydrogen-bond acceptors (Lipinski definition) is 4. The number of aromatic nitrogens is 1. The maximum absolute atomic E-state index is 13.5. The summed E-state index contributed by atoms with van der Waals surface area (Å²) in [4.78, 5) is 20.0. The SMILES string of the molecule is Cc1ccc(S(=O)(=O)N2CCC(C(=O)N(Cc3ccccc3)c3ccccn3)CC2)cc1C. The van der Waals surface area contributed by atoms with E-state index in [9.17, 15) is 13.2 Å². The number of amides is 1. The molecule has 2 heterocycles. The number of carbonyl (C=O) groups excluding carboxylic acids is 1. The van der Waals surface area contributed by atoms with Crippen molar-refractivity contribution >= 4 is 21.7 Å². The van der Waals surface area contributed by atoms with Gasteiger partial charge < -0.3 is 0 Å². The van der Waals surface area contributed by atoms with Crippen LogP contribution < -0.4 is 4.90 Å². The van der Waals surface area contributed by atoms with E-state index in [1.54, 1.807) is 23.2 Å². The molecule has 0 N–H and O–H groups in total. The minimum absolute atomic E-state index is 0.0132. The molecule has 0 aliphatic carbocycles. The molecule has 6 nitrogen and oxygen atoms in total. The molecule has 1 aliphatic rings. The van der Waals surface area contributed by atoms with Gasteiger partial charge in [-0.3, -0.25) is 9.69 Å². The van der Waals surface area contributed by atoms with Crippen LogP contribution in [0.5, 0.6) is 0 Å². The summed E-state index contributed by atoms with van der Waals surface area (Å²) in [7, 11) is -3.58. The summed E-state index contributed by atoms with van der Waals surface area (Å²) >= 11 is 0. The number of pyridine rings is 1. The number of carbonyl (C=O) groups is 1. The molecule has 172 valence electrons. The number of sulfonamides is 1. The van der Waals surface area contributed by atoms with Gasteiger partial charge in [0.1, 0.15) is 5.82 Å². The Balaban J connectivity index is 1.49. The van der Waals surface area contributed by atoms with Gasteiger partial charge in [0.2, 0.25) is 15.9 Å². The summed E-state index contributed by atoms with van der Waals surface area (Å²) in [6, 6.07) is 20.6. The van der Waals surface area contributed by atoms with Gasteiger partial charge in [0, 0.05) is 25.2 Å². The predicted octanol–water partition coefficient (Wildman–Crippen LogP) is 4.33. The van der Waals surface area contributed by atoms with Crippen LogP contribution in [-0.2, 0) is 21.4 Å². The third-order valence-corrected chi connectivity index (χ3v) is 8.19. The van der Waals surface area contributed by atoms with Crippen molar-refractivity contribution in [2.45, 2.75) is 38.1 Å². The van der Waals surface area contributed by atoms with E-state index in [0.717, 1.165) is 16.7 Å². The second-order valence-electron chi connectivity index (χ2n) is 8.52. The van der Waals surface area contributed by atoms with Crippen molar-refractivity contribution in [3.05, 3.63) is 89.6 Å². The predicted molar refractivity (Wildman–Crippen MR) is 129 cm³/mol. The van der Waals surface area contributed by atoms with Crippen LogP contribution in [0.15, 0.2) is 77.8 Å². The number of aryl methyl sites for hydroxylation is 2. The van der Waals surface area contributed by atoms with Crippen molar-refractivity contribution in [1.29, 1.82) is 0 Å². The quantitative estimate of drug-likeness (QED) is 0.546. The van der Waals surface area contributed by atoms with Crippen molar-refractivity contribution in [1.82, 2.24) is 9.29 Å². The van der Waals surface area contributed by atoms with Crippen LogP contribution >= 0.6 is 0 Å². The number of benzene rings is 2. The van der Waals surface area contributed by atoms with E-state index in [4.69, 9.17) is 0 Å². The van der Waals surface area contributed by atoms with E-state index in [1.807, 2.05) is 68.4 Å². The number of piperidine rings is 1. The third-order valence-electron chi connectivity index (χ3n) is 6.29. The minimum Gasteiger partial charge on any atom is -0.292 e. The van der Waals surface area contributed by atoms with E-state index in [0.29, 0.717) is 43.2 Å². The lowest BCUT2D eigenvalue weighted by Gasteiger charge is -2.33. The molecule has 1 aliphatic heterocycles. The highest BCUT2D eigenvalue weighted by molar-refractivity contribution is 7.89. The lowest BCUT2D eigenvalue weighted by molar-refractivity contribution is -0.123. The first kappa shape index (κ1) is 23.1. The molecule has 1 aromatic heterocycles. The van der Waals surface area contributed by atoms with Gasteiger partial charge >= 0.3 is 0 Å². The molecular weight excluding hydrogens is 434 g/mol. The Morgan fingerprint density at radius 3 is 2.30 bits per heavy atom. The van der Waals surface area contributed by atoms with Crippen molar-refractivity contribution in [3.63, 3.8) is 0 Å². The Morgan fingerprint density at radius 2 is 1.67 bits per heavy atom. The van der Waals surface area contributed by atoms with Gasteiger partial charge in [0.15, 0.2) is 0 Å². The highest BCUT2D eigenvalue weighted by Crippen LogP contribution is 2.28. The van der Waals surface area contributed by atoms with E-state index in [1.165, 1.54) is 4.31 Å². The van der Waals surface area contributed by atoms with E-state index < -0.39 is 10.0 Å². The fourth-order valence-corrected chi connectivity index (χ4v) is 5.69. The molecule has 1 amide bonds. The number of hydrogen-bond donors (Lipinski definition) is 0. The summed E-state index contributed by atoms with van der Waals surface area (Å²) in [6.45, 7) is 4.96. The molecule has 0 spiro atoms. The van der Waals surface area contributed by atoms with Crippen LogP contribution in [0.1, 0.15) is 29.5 Å². The maximum Gasteiger partial charge on any atom is 0.243 e. The Hall–Kier alpha value is -3.03. The van der Waals surface area contributed by atoms with Crippen LogP contribution in [0.2, 0.25) is 0 Å². The highest BCUT2D eigenvalue weighted by Gasteiger charge is 2.34. The lowest BCUT2D eigenvalue weighted by Crippen LogP contribution is -2.44. The molecule has 0 atom stereocenters. The smallest absolute Gasteiger partial charge is 0.243 e. The summed E-state index contributed by atoms with van der Waals surface area (Å²) in [6.07, 6.45) is 2.65. The molecular formula is C26H29N3O3S. The number of rotatable bonds is 6. The van der Waals surface area contributed by atoms with Gasteiger partial charge in [0.25, 0.3) is 0 Å². The average Bonchev–Trinajstić information content (AvgIpc) is 2.85. The summed E-state index contributed by atoms with van der Waals surface area (Å²) in [5, 5.41) is 0. The van der Waals surface area contributed by atoms with Gasteiger partial charge in [-0.15, -0.1) is 0 Å². The minimum atomic E-state index is -3.58. The molecule has 0 bridgehead atoms. The monoisotopic (exact) mass is 463 g/mol. The molecule has 4 rings (SSSR count). The molecule has 3 aromatic rings. The Morgan fingerprint density at radius 1 is 0.970 bits per heavy atom. The molecule has 0 saturated carbocycles. The molecule has 2 aromatic carbocycles. The Bertz CT molecular complexity index is 1210. The first-order valence-corrected chi connectivity index (χ1v) is 12.6. The first-order valence-electron chi connectivity index (χ1n) is 11.2. The number of nitrogens with zero attached hydrogens (tertiary/aromatic N) is 3. The van der Waals surface area contributed by atoms with Crippen LogP contribution in [-0.4, -0.2) is 36.7 Å². The summed E-state index contributed by atoms with van der Waals surface area (Å²) in [5.41, 5.74) is 3.03. The first-order chi connectivity index (χ1) is 15.9. The highest BCUT2D eigenvalue weighted by atomic mass is 32.2. The Kier molecular flexibility index (Phi) is 6.91. The lowest BCUT2D eigenvalue weighted by atomic mass is 9.96. The molecule has 0 radical (unpaired) electrons. The van der Waals surface area contributed by atoms with Gasteiger partial charge in [0.05, 0.1) is 11.4 Å². The molecule has 0 unspecified atom stereocenters. The van der Waals surface area contributed by atoms with Crippen LogP contribution in [0.3, 0.4) is 0 Å². The third kappa shape index (κ3) is 5.15. The fourth-order valence-electron chi connectivity index (χ4n) is 4.14. The normalized spacial score (nSPS) is 15.3. The van der Waals surface area contributed by atoms with Crippen molar-refractivity contribution < 1.29 is 13.2 Å². The summed E-state index contributed by atoms with van der Waals surface area (Å²) in [5.74, 6) is 0.347. The average molecular weight is 464 g/mol. The zero-order chi connectivity index (χ0) is 23.4. The van der Waals surface area contributed by atoms with E-state index in [2.05, 4.69) is 4.98 Å². The molecule has 33 heavy (non-hydrogen) atoms. The molecule has 1 fully saturated rings. The van der Waals surface area contributed by atoms with Crippen LogP contribution in [0.4, 0.5) is 5.82 Å². The van der Waals surface area contributed by atoms with Crippen LogP contribution in [0.25, 0.3) is 0 Å². The van der Waals surface area contributed by atoms with E-state index >= 15 is 0 Å². The fraction of sp³-hybridized carbons (Fsp3) is 0.308. The van der Waals surface area contributed by atoms with Crippen molar-refractivity contribution in [2.75, 3.05) is 18.0 Å².